The van der Waals surface area contributed by atoms with Crippen molar-refractivity contribution in [3.8, 4) is 0 Å². The van der Waals surface area contributed by atoms with Gasteiger partial charge in [-0.1, -0.05) is 372 Å². The highest BCUT2D eigenvalue weighted by atomic mass is 16.7. The molecule has 0 bridgehead atoms. The molecule has 0 radical (unpaired) electrons. The standard InChI is InChI=1S/C82H157NO13/c1-3-5-7-9-11-13-15-17-19-21-23-25-26-27-28-29-30-31-32-33-34-35-36-37-38-39-40-41-42-43-44-46-48-50-52-54-56-58-60-62-64-66-74(87)83-70(71(86)65-63-61-59-57-55-53-51-49-47-45-24-22-20-18-16-14-12-10-8-6-4-2)69-93-81-79(92)77(90)80(73(68-85)95-81)96-82-78(91)76(89)75(88)72(67-84)94-82/h15,17,21,23,70-73,75-82,84-86,88-92H,3-14,16,18-20,22,24-69H2,1-2H3,(H,83,87)/b17-15-,23-21-. The molecular weight excluding hydrogens is 1210 g/mol. The maximum atomic E-state index is 13.4. The molecule has 14 heteroatoms. The van der Waals surface area contributed by atoms with Gasteiger partial charge in [0.15, 0.2) is 12.6 Å². The van der Waals surface area contributed by atoms with Gasteiger partial charge in [-0.2, -0.15) is 0 Å². The van der Waals surface area contributed by atoms with Gasteiger partial charge in [0.25, 0.3) is 0 Å². The van der Waals surface area contributed by atoms with E-state index in [1.54, 1.807) is 0 Å². The topological polar surface area (TPSA) is 228 Å². The number of ether oxygens (including phenoxy) is 4. The lowest BCUT2D eigenvalue weighted by atomic mass is 9.97. The van der Waals surface area contributed by atoms with Crippen LogP contribution in [0.1, 0.15) is 399 Å². The summed E-state index contributed by atoms with van der Waals surface area (Å²) in [5.74, 6) is -0.196. The SMILES string of the molecule is CCCCCCC/C=C\C/C=C\CCCCCCCCCCCCCCCCCCCCCCCCCCCCCCCC(=O)NC(COC1OC(CO)C(OC2OC(CO)C(O)C(O)C2O)C(O)C1O)C(O)CCCCCCCCCCCCCCCCCCCCCCC. The molecule has 2 saturated heterocycles. The minimum absolute atomic E-state index is 0.196. The Bertz CT molecular complexity index is 1700. The molecule has 0 aromatic heterocycles. The van der Waals surface area contributed by atoms with Gasteiger partial charge in [0, 0.05) is 6.42 Å². The molecular formula is C82H157NO13. The van der Waals surface area contributed by atoms with E-state index in [2.05, 4.69) is 43.5 Å². The van der Waals surface area contributed by atoms with Gasteiger partial charge in [-0.3, -0.25) is 4.79 Å². The molecule has 9 N–H and O–H groups in total. The van der Waals surface area contributed by atoms with Crippen LogP contribution in [0, 0.1) is 0 Å². The predicted octanol–water partition coefficient (Wildman–Crippen LogP) is 19.0. The third-order valence-corrected chi connectivity index (χ3v) is 20.7. The Morgan fingerprint density at radius 1 is 0.375 bits per heavy atom. The van der Waals surface area contributed by atoms with Crippen LogP contribution in [0.25, 0.3) is 0 Å². The van der Waals surface area contributed by atoms with Gasteiger partial charge in [-0.15, -0.1) is 0 Å². The molecule has 0 aromatic carbocycles. The molecule has 12 unspecified atom stereocenters. The number of amides is 1. The fourth-order valence-electron chi connectivity index (χ4n) is 14.1. The van der Waals surface area contributed by atoms with E-state index < -0.39 is 86.8 Å². The lowest BCUT2D eigenvalue weighted by Gasteiger charge is -2.46. The zero-order valence-corrected chi connectivity index (χ0v) is 62.4. The number of carbonyl (C=O) groups is 1. The zero-order valence-electron chi connectivity index (χ0n) is 62.4. The van der Waals surface area contributed by atoms with Crippen molar-refractivity contribution in [1.29, 1.82) is 0 Å². The van der Waals surface area contributed by atoms with Crippen molar-refractivity contribution in [1.82, 2.24) is 5.32 Å². The second-order valence-corrected chi connectivity index (χ2v) is 29.6. The Morgan fingerprint density at radius 2 is 0.688 bits per heavy atom. The van der Waals surface area contributed by atoms with E-state index in [0.717, 1.165) is 57.8 Å². The van der Waals surface area contributed by atoms with Crippen LogP contribution in [-0.4, -0.2) is 140 Å². The molecule has 0 saturated carbocycles. The first-order valence-corrected chi connectivity index (χ1v) is 41.6. The van der Waals surface area contributed by atoms with Crippen molar-refractivity contribution in [2.45, 2.75) is 473 Å². The molecule has 0 aliphatic carbocycles. The highest BCUT2D eigenvalue weighted by Gasteiger charge is 2.51. The van der Waals surface area contributed by atoms with Crippen molar-refractivity contribution >= 4 is 5.91 Å². The minimum atomic E-state index is -1.78. The summed E-state index contributed by atoms with van der Waals surface area (Å²) < 4.78 is 23.0. The van der Waals surface area contributed by atoms with E-state index in [1.807, 2.05) is 0 Å². The Kier molecular flexibility index (Phi) is 62.9. The molecule has 2 aliphatic rings. The normalized spacial score (nSPS) is 22.3. The molecule has 2 rings (SSSR count). The quantitative estimate of drug-likeness (QED) is 0.0204. The predicted molar refractivity (Wildman–Crippen MR) is 397 cm³/mol. The molecule has 568 valence electrons. The van der Waals surface area contributed by atoms with E-state index in [1.165, 1.54) is 315 Å². The van der Waals surface area contributed by atoms with Crippen LogP contribution in [-0.2, 0) is 23.7 Å². The average Bonchev–Trinajstić information content (AvgIpc) is 0.807. The van der Waals surface area contributed by atoms with Crippen LogP contribution < -0.4 is 5.32 Å². The Labute approximate surface area is 589 Å². The maximum Gasteiger partial charge on any atom is 0.220 e. The molecule has 96 heavy (non-hydrogen) atoms. The highest BCUT2D eigenvalue weighted by molar-refractivity contribution is 5.76. The first-order valence-electron chi connectivity index (χ1n) is 41.6. The fraction of sp³-hybridized carbons (Fsp3) is 0.939. The van der Waals surface area contributed by atoms with Gasteiger partial charge in [0.2, 0.25) is 5.91 Å². The summed E-state index contributed by atoms with van der Waals surface area (Å²) in [5.41, 5.74) is 0. The number of aliphatic hydroxyl groups is 8. The van der Waals surface area contributed by atoms with Crippen molar-refractivity contribution < 1.29 is 64.6 Å². The van der Waals surface area contributed by atoms with Crippen LogP contribution in [0.3, 0.4) is 0 Å². The maximum absolute atomic E-state index is 13.4. The van der Waals surface area contributed by atoms with E-state index in [0.29, 0.717) is 12.8 Å². The third kappa shape index (κ3) is 49.1. The highest BCUT2D eigenvalue weighted by Crippen LogP contribution is 2.31. The van der Waals surface area contributed by atoms with Gasteiger partial charge in [0.05, 0.1) is 32.0 Å². The monoisotopic (exact) mass is 1360 g/mol. The molecule has 0 spiro atoms. The number of unbranched alkanes of at least 4 members (excludes halogenated alkanes) is 54. The molecule has 2 fully saturated rings. The number of carbonyl (C=O) groups excluding carboxylic acids is 1. The minimum Gasteiger partial charge on any atom is -0.394 e. The van der Waals surface area contributed by atoms with Crippen molar-refractivity contribution in [3.05, 3.63) is 24.3 Å². The van der Waals surface area contributed by atoms with Crippen LogP contribution in [0.4, 0.5) is 0 Å². The van der Waals surface area contributed by atoms with Gasteiger partial charge in [-0.25, -0.2) is 0 Å². The van der Waals surface area contributed by atoms with Crippen molar-refractivity contribution in [2.75, 3.05) is 19.8 Å². The first kappa shape index (κ1) is 90.6. The van der Waals surface area contributed by atoms with Gasteiger partial charge >= 0.3 is 0 Å². The molecule has 2 aliphatic heterocycles. The number of nitrogens with one attached hydrogen (secondary N) is 1. The van der Waals surface area contributed by atoms with E-state index in [4.69, 9.17) is 18.9 Å². The van der Waals surface area contributed by atoms with E-state index in [9.17, 15) is 45.6 Å². The Morgan fingerprint density at radius 3 is 1.04 bits per heavy atom. The summed E-state index contributed by atoms with van der Waals surface area (Å²) in [4.78, 5) is 13.4. The van der Waals surface area contributed by atoms with Gasteiger partial charge < -0.3 is 65.1 Å². The number of rotatable bonds is 71. The van der Waals surface area contributed by atoms with Crippen LogP contribution >= 0.6 is 0 Å². The second kappa shape index (κ2) is 66.7. The number of aliphatic hydroxyl groups excluding tert-OH is 8. The first-order chi connectivity index (χ1) is 47.1. The molecule has 12 atom stereocenters. The van der Waals surface area contributed by atoms with Gasteiger partial charge in [0.1, 0.15) is 48.8 Å². The summed E-state index contributed by atoms with van der Waals surface area (Å²) in [7, 11) is 0. The Balaban J connectivity index is 1.54. The van der Waals surface area contributed by atoms with Gasteiger partial charge in [-0.05, 0) is 44.9 Å². The van der Waals surface area contributed by atoms with E-state index >= 15 is 0 Å². The summed E-state index contributed by atoms with van der Waals surface area (Å²) in [6, 6.07) is -0.827. The van der Waals surface area contributed by atoms with E-state index in [-0.39, 0.29) is 12.5 Å². The lowest BCUT2D eigenvalue weighted by molar-refractivity contribution is -0.359. The summed E-state index contributed by atoms with van der Waals surface area (Å²) >= 11 is 0. The molecule has 0 aromatic rings. The van der Waals surface area contributed by atoms with Crippen molar-refractivity contribution in [2.24, 2.45) is 0 Å². The number of hydrogen-bond donors (Lipinski definition) is 9. The van der Waals surface area contributed by atoms with Crippen LogP contribution in [0.2, 0.25) is 0 Å². The fourth-order valence-corrected chi connectivity index (χ4v) is 14.1. The number of allylic oxidation sites excluding steroid dienone is 4. The summed E-state index contributed by atoms with van der Waals surface area (Å²) in [6.07, 6.45) is 69.6. The molecule has 1 amide bonds. The average molecular weight is 1370 g/mol. The van der Waals surface area contributed by atoms with Crippen molar-refractivity contribution in [3.63, 3.8) is 0 Å². The zero-order chi connectivity index (χ0) is 69.4. The second-order valence-electron chi connectivity index (χ2n) is 29.6. The Hall–Kier alpha value is -1.53. The third-order valence-electron chi connectivity index (χ3n) is 20.7. The van der Waals surface area contributed by atoms with Crippen LogP contribution in [0.15, 0.2) is 24.3 Å². The summed E-state index contributed by atoms with van der Waals surface area (Å²) in [6.45, 7) is 2.92. The molecule has 2 heterocycles. The lowest BCUT2D eigenvalue weighted by Crippen LogP contribution is -2.65. The summed E-state index contributed by atoms with van der Waals surface area (Å²) in [5, 5.41) is 87.8. The molecule has 14 nitrogen and oxygen atoms in total. The largest absolute Gasteiger partial charge is 0.394 e. The number of hydrogen-bond acceptors (Lipinski definition) is 13. The smallest absolute Gasteiger partial charge is 0.220 e. The van der Waals surface area contributed by atoms with Crippen LogP contribution in [0.5, 0.6) is 0 Å².